The molecule has 118 valence electrons. The van der Waals surface area contributed by atoms with Crippen molar-refractivity contribution in [3.05, 3.63) is 41.6 Å². The normalized spacial score (nSPS) is 39.9. The van der Waals surface area contributed by atoms with Crippen LogP contribution in [0.2, 0.25) is 0 Å². The van der Waals surface area contributed by atoms with Crippen LogP contribution in [0.15, 0.2) is 30.5 Å². The molecule has 5 rings (SSSR count). The predicted octanol–water partition coefficient (Wildman–Crippen LogP) is 1.54. The number of benzene rings is 1. The summed E-state index contributed by atoms with van der Waals surface area (Å²) in [5, 5.41) is 0. The molecule has 1 aromatic rings. The number of hydrogen-bond acceptors (Lipinski definition) is 5. The van der Waals surface area contributed by atoms with Gasteiger partial charge in [0.1, 0.15) is 0 Å². The molecule has 0 N–H and O–H groups in total. The van der Waals surface area contributed by atoms with Crippen molar-refractivity contribution in [2.75, 3.05) is 6.61 Å². The smallest absolute Gasteiger partial charge is 0.218 e. The molecule has 0 saturated carbocycles. The van der Waals surface area contributed by atoms with Crippen LogP contribution >= 0.6 is 0 Å². The molecule has 0 aromatic heterocycles. The Morgan fingerprint density at radius 1 is 1.30 bits per heavy atom. The topological polar surface area (TPSA) is 55.8 Å². The van der Waals surface area contributed by atoms with E-state index in [0.29, 0.717) is 6.61 Å². The van der Waals surface area contributed by atoms with E-state index in [1.807, 2.05) is 30.5 Å². The molecule has 5 heteroatoms. The average molecular weight is 311 g/mol. The number of rotatable bonds is 1. The number of carbonyl (C=O) groups is 2. The number of ketones is 2. The van der Waals surface area contributed by atoms with Crippen LogP contribution in [0.25, 0.3) is 6.08 Å². The van der Waals surface area contributed by atoms with Crippen molar-refractivity contribution >= 4 is 17.6 Å². The standard InChI is InChI=1S/C18H17NO4/c1-9(20)15-13-12-8-22-18(23-12)17(21)14(13)16-11-5-3-2-4-10(11)6-7-19(15)16/h2-7,12-16,18H,8H2,1H3/t12-,13-,14-,15+,16+,18-/m0/s1. The first kappa shape index (κ1) is 13.5. The molecule has 6 atom stereocenters. The van der Waals surface area contributed by atoms with Gasteiger partial charge >= 0.3 is 0 Å². The van der Waals surface area contributed by atoms with Gasteiger partial charge in [-0.25, -0.2) is 0 Å². The van der Waals surface area contributed by atoms with Gasteiger partial charge in [0, 0.05) is 12.1 Å². The highest BCUT2D eigenvalue weighted by Gasteiger charge is 2.63. The van der Waals surface area contributed by atoms with Crippen LogP contribution in [0, 0.1) is 11.8 Å². The Morgan fingerprint density at radius 3 is 2.96 bits per heavy atom. The van der Waals surface area contributed by atoms with Gasteiger partial charge in [0.05, 0.1) is 30.7 Å². The van der Waals surface area contributed by atoms with E-state index < -0.39 is 6.29 Å². The third-order valence-corrected chi connectivity index (χ3v) is 5.62. The zero-order valence-corrected chi connectivity index (χ0v) is 12.7. The summed E-state index contributed by atoms with van der Waals surface area (Å²) in [6, 6.07) is 7.66. The third kappa shape index (κ3) is 1.64. The van der Waals surface area contributed by atoms with Gasteiger partial charge in [0.15, 0.2) is 11.6 Å². The van der Waals surface area contributed by atoms with Gasteiger partial charge in [-0.1, -0.05) is 24.3 Å². The molecule has 3 fully saturated rings. The van der Waals surface area contributed by atoms with Gasteiger partial charge in [-0.05, 0) is 24.1 Å². The van der Waals surface area contributed by atoms with Gasteiger partial charge < -0.3 is 14.4 Å². The Kier molecular flexibility index (Phi) is 2.65. The van der Waals surface area contributed by atoms with Gasteiger partial charge in [-0.3, -0.25) is 9.59 Å². The summed E-state index contributed by atoms with van der Waals surface area (Å²) < 4.78 is 11.2. The largest absolute Gasteiger partial charge is 0.359 e. The maximum Gasteiger partial charge on any atom is 0.218 e. The van der Waals surface area contributed by atoms with E-state index in [1.165, 1.54) is 0 Å². The summed E-state index contributed by atoms with van der Waals surface area (Å²) in [5.41, 5.74) is 2.23. The van der Waals surface area contributed by atoms with E-state index in [2.05, 4.69) is 11.0 Å². The molecule has 3 saturated heterocycles. The van der Waals surface area contributed by atoms with Crippen molar-refractivity contribution in [1.29, 1.82) is 0 Å². The second kappa shape index (κ2) is 4.52. The highest BCUT2D eigenvalue weighted by atomic mass is 16.7. The lowest BCUT2D eigenvalue weighted by atomic mass is 9.76. The summed E-state index contributed by atoms with van der Waals surface area (Å²) in [6.45, 7) is 2.00. The molecule has 4 aliphatic heterocycles. The van der Waals surface area contributed by atoms with Crippen molar-refractivity contribution in [3.63, 3.8) is 0 Å². The third-order valence-electron chi connectivity index (χ3n) is 5.62. The molecule has 0 unspecified atom stereocenters. The molecule has 0 amide bonds. The fourth-order valence-electron chi connectivity index (χ4n) is 4.79. The Labute approximate surface area is 133 Å². The molecular formula is C18H17NO4. The number of nitrogens with zero attached hydrogens (tertiary/aromatic N) is 1. The second-order valence-electron chi connectivity index (χ2n) is 6.74. The summed E-state index contributed by atoms with van der Waals surface area (Å²) >= 11 is 0. The fourth-order valence-corrected chi connectivity index (χ4v) is 4.79. The van der Waals surface area contributed by atoms with E-state index in [0.717, 1.165) is 11.1 Å². The molecule has 23 heavy (non-hydrogen) atoms. The molecule has 1 aromatic carbocycles. The van der Waals surface area contributed by atoms with Crippen LogP contribution in [0.5, 0.6) is 0 Å². The van der Waals surface area contributed by atoms with Crippen LogP contribution in [0.4, 0.5) is 0 Å². The van der Waals surface area contributed by atoms with E-state index in [4.69, 9.17) is 9.47 Å². The zero-order chi connectivity index (χ0) is 15.7. The van der Waals surface area contributed by atoms with Crippen molar-refractivity contribution in [3.8, 4) is 0 Å². The molecule has 0 aliphatic carbocycles. The van der Waals surface area contributed by atoms with Crippen molar-refractivity contribution in [1.82, 2.24) is 4.90 Å². The molecule has 4 heterocycles. The van der Waals surface area contributed by atoms with Crippen molar-refractivity contribution < 1.29 is 19.1 Å². The number of carbonyl (C=O) groups excluding carboxylic acids is 2. The van der Waals surface area contributed by atoms with E-state index in [1.54, 1.807) is 6.92 Å². The monoisotopic (exact) mass is 311 g/mol. The minimum Gasteiger partial charge on any atom is -0.359 e. The van der Waals surface area contributed by atoms with E-state index in [-0.39, 0.29) is 41.6 Å². The lowest BCUT2D eigenvalue weighted by Crippen LogP contribution is -2.47. The minimum absolute atomic E-state index is 0.0207. The van der Waals surface area contributed by atoms with Gasteiger partial charge in [-0.15, -0.1) is 0 Å². The Morgan fingerprint density at radius 2 is 2.13 bits per heavy atom. The second-order valence-corrected chi connectivity index (χ2v) is 6.74. The lowest BCUT2D eigenvalue weighted by Gasteiger charge is -2.34. The maximum atomic E-state index is 12.9. The fraction of sp³-hybridized carbons (Fsp3) is 0.444. The van der Waals surface area contributed by atoms with Crippen molar-refractivity contribution in [2.45, 2.75) is 31.4 Å². The first-order valence-electron chi connectivity index (χ1n) is 8.02. The molecule has 0 spiro atoms. The summed E-state index contributed by atoms with van der Waals surface area (Å²) in [4.78, 5) is 27.3. The lowest BCUT2D eigenvalue weighted by molar-refractivity contribution is -0.165. The van der Waals surface area contributed by atoms with E-state index >= 15 is 0 Å². The number of Topliss-reactive ketones (excluding diaryl/α,β-unsaturated/α-hetero) is 2. The molecule has 2 bridgehead atoms. The van der Waals surface area contributed by atoms with Crippen LogP contribution in [0.3, 0.4) is 0 Å². The van der Waals surface area contributed by atoms with Gasteiger partial charge in [-0.2, -0.15) is 0 Å². The SMILES string of the molecule is CC(=O)[C@@H]1[C@@H]2[C@H](C(=O)[C@H]3OC[C@@H]2O3)[C@H]2c3ccccc3C=CN12. The first-order valence-corrected chi connectivity index (χ1v) is 8.02. The van der Waals surface area contributed by atoms with E-state index in [9.17, 15) is 9.59 Å². The van der Waals surface area contributed by atoms with Gasteiger partial charge in [0.2, 0.25) is 6.29 Å². The number of hydrogen-bond donors (Lipinski definition) is 0. The minimum atomic E-state index is -0.758. The quantitative estimate of drug-likeness (QED) is 0.787. The molecular weight excluding hydrogens is 294 g/mol. The summed E-state index contributed by atoms with van der Waals surface area (Å²) in [6.07, 6.45) is 3.06. The van der Waals surface area contributed by atoms with Gasteiger partial charge in [0.25, 0.3) is 0 Å². The Balaban J connectivity index is 1.70. The van der Waals surface area contributed by atoms with Crippen LogP contribution in [-0.2, 0) is 19.1 Å². The zero-order valence-electron chi connectivity index (χ0n) is 12.7. The predicted molar refractivity (Wildman–Crippen MR) is 81.1 cm³/mol. The number of fused-ring (bicyclic) bond motifs is 8. The average Bonchev–Trinajstić information content (AvgIpc) is 3.13. The van der Waals surface area contributed by atoms with Crippen molar-refractivity contribution in [2.24, 2.45) is 11.8 Å². The highest BCUT2D eigenvalue weighted by molar-refractivity contribution is 5.91. The first-order chi connectivity index (χ1) is 11.2. The molecule has 5 nitrogen and oxygen atoms in total. The molecule has 0 radical (unpaired) electrons. The Hall–Kier alpha value is -1.98. The van der Waals surface area contributed by atoms with Crippen LogP contribution < -0.4 is 0 Å². The number of ether oxygens (including phenoxy) is 2. The maximum absolute atomic E-state index is 12.9. The van der Waals surface area contributed by atoms with Crippen LogP contribution in [-0.4, -0.2) is 41.5 Å². The highest BCUT2D eigenvalue weighted by Crippen LogP contribution is 2.54. The van der Waals surface area contributed by atoms with Crippen LogP contribution in [0.1, 0.15) is 24.1 Å². The Bertz CT molecular complexity index is 742. The molecule has 4 aliphatic rings. The summed E-state index contributed by atoms with van der Waals surface area (Å²) in [7, 11) is 0. The summed E-state index contributed by atoms with van der Waals surface area (Å²) in [5.74, 6) is -0.332.